The fourth-order valence-corrected chi connectivity index (χ4v) is 5.49. The van der Waals surface area contributed by atoms with Crippen LogP contribution in [-0.4, -0.2) is 33.0 Å². The first-order chi connectivity index (χ1) is 19.7. The molecule has 9 heteroatoms. The Morgan fingerprint density at radius 3 is 2.29 bits per heavy atom. The van der Waals surface area contributed by atoms with Gasteiger partial charge in [0.2, 0.25) is 17.7 Å². The Hall–Kier alpha value is -3.72. The molecule has 1 aromatic heterocycles. The second-order valence-electron chi connectivity index (χ2n) is 11.2. The number of primary amides is 1. The van der Waals surface area contributed by atoms with Crippen LogP contribution in [-0.2, 0) is 45.6 Å². The molecule has 1 fully saturated rings. The number of aryl methyl sites for hydroxylation is 3. The fourth-order valence-electron chi connectivity index (χ4n) is 5.49. The molecule has 3 N–H and O–H groups in total. The van der Waals surface area contributed by atoms with Crippen LogP contribution in [0, 0.1) is 0 Å². The molecule has 0 radical (unpaired) electrons. The summed E-state index contributed by atoms with van der Waals surface area (Å²) in [5.41, 5.74) is 10.1. The number of fused-ring (bicyclic) bond motifs is 1. The lowest BCUT2D eigenvalue weighted by Gasteiger charge is -2.21. The maximum atomic E-state index is 12.9. The third-order valence-corrected chi connectivity index (χ3v) is 7.95. The van der Waals surface area contributed by atoms with E-state index in [9.17, 15) is 19.2 Å². The molecule has 0 bridgehead atoms. The molecule has 1 aliphatic rings. The number of rotatable bonds is 15. The van der Waals surface area contributed by atoms with Gasteiger partial charge >= 0.3 is 5.69 Å². The molecule has 2 heterocycles. The summed E-state index contributed by atoms with van der Waals surface area (Å²) in [4.78, 5) is 47.7. The summed E-state index contributed by atoms with van der Waals surface area (Å²) in [6.45, 7) is 2.59. The largest absolute Gasteiger partial charge is 0.374 e. The van der Waals surface area contributed by atoms with Gasteiger partial charge in [-0.25, -0.2) is 4.79 Å². The van der Waals surface area contributed by atoms with Gasteiger partial charge in [-0.3, -0.25) is 28.8 Å². The van der Waals surface area contributed by atoms with Gasteiger partial charge < -0.3 is 10.5 Å². The number of piperidine rings is 1. The zero-order valence-electron chi connectivity index (χ0n) is 24.2. The molecule has 1 saturated heterocycles. The Balaban J connectivity index is 1.18. The van der Waals surface area contributed by atoms with Crippen LogP contribution < -0.4 is 16.7 Å². The average Bonchev–Trinajstić information content (AvgIpc) is 3.19. The molecule has 9 nitrogen and oxygen atoms in total. The van der Waals surface area contributed by atoms with Gasteiger partial charge in [0.05, 0.1) is 23.7 Å². The van der Waals surface area contributed by atoms with E-state index >= 15 is 0 Å². The van der Waals surface area contributed by atoms with Crippen molar-refractivity contribution in [2.45, 2.75) is 96.3 Å². The van der Waals surface area contributed by atoms with Gasteiger partial charge in [-0.15, -0.1) is 0 Å². The predicted octanol–water partition coefficient (Wildman–Crippen LogP) is 4.22. The van der Waals surface area contributed by atoms with E-state index in [0.29, 0.717) is 19.4 Å². The topological polar surface area (TPSA) is 125 Å². The number of nitrogens with zero attached hydrogens (tertiary/aromatic N) is 2. The van der Waals surface area contributed by atoms with Crippen molar-refractivity contribution in [3.8, 4) is 0 Å². The van der Waals surface area contributed by atoms with Crippen LogP contribution >= 0.6 is 0 Å². The van der Waals surface area contributed by atoms with Gasteiger partial charge in [-0.1, -0.05) is 43.2 Å². The summed E-state index contributed by atoms with van der Waals surface area (Å²) in [5, 5.41) is 2.35. The monoisotopic (exact) mass is 562 g/mol. The van der Waals surface area contributed by atoms with Gasteiger partial charge in [0, 0.05) is 19.9 Å². The minimum atomic E-state index is -0.659. The van der Waals surface area contributed by atoms with Crippen molar-refractivity contribution in [1.29, 1.82) is 0 Å². The number of nitrogens with one attached hydrogen (secondary N) is 1. The molecule has 0 saturated carbocycles. The Morgan fingerprint density at radius 1 is 0.951 bits per heavy atom. The highest BCUT2D eigenvalue weighted by Gasteiger charge is 2.31. The number of amides is 3. The number of hydrogen-bond donors (Lipinski definition) is 2. The van der Waals surface area contributed by atoms with Crippen molar-refractivity contribution in [1.82, 2.24) is 14.5 Å². The van der Waals surface area contributed by atoms with E-state index in [0.717, 1.165) is 68.0 Å². The maximum Gasteiger partial charge on any atom is 0.329 e. The van der Waals surface area contributed by atoms with Crippen molar-refractivity contribution < 1.29 is 19.1 Å². The molecule has 0 aliphatic carbocycles. The van der Waals surface area contributed by atoms with Crippen LogP contribution in [0.15, 0.2) is 47.3 Å². The van der Waals surface area contributed by atoms with Crippen LogP contribution in [0.3, 0.4) is 0 Å². The third kappa shape index (κ3) is 8.16. The number of benzene rings is 2. The number of ether oxygens (including phenoxy) is 1. The molecule has 1 aliphatic heterocycles. The van der Waals surface area contributed by atoms with Crippen LogP contribution in [0.5, 0.6) is 0 Å². The molecule has 3 amide bonds. The lowest BCUT2D eigenvalue weighted by molar-refractivity contribution is -0.135. The van der Waals surface area contributed by atoms with Gasteiger partial charge in [-0.05, 0) is 80.7 Å². The number of hydrogen-bond acceptors (Lipinski definition) is 5. The molecule has 2 atom stereocenters. The van der Waals surface area contributed by atoms with E-state index < -0.39 is 11.9 Å². The molecule has 41 heavy (non-hydrogen) atoms. The highest BCUT2D eigenvalue weighted by molar-refractivity contribution is 6.00. The zero-order chi connectivity index (χ0) is 29.4. The number of carbonyl (C=O) groups is 3. The molecular formula is C32H42N4O5. The summed E-state index contributed by atoms with van der Waals surface area (Å²) in [6, 6.07) is 14.0. The van der Waals surface area contributed by atoms with Crippen LogP contribution in [0.2, 0.25) is 0 Å². The standard InChI is InChI=1S/C32H42N4O5/c1-22(8-7-11-29(33)37)41-21-25-14-12-23(13-15-25)9-5-3-4-6-10-24-16-17-26-28(20-24)35(2)32(40)36(26)27-18-19-30(38)34-31(27)39/h12-17,20,22,27H,3-11,18-19,21H2,1-2H3,(H2,33,37)(H,34,38,39). The van der Waals surface area contributed by atoms with E-state index in [4.69, 9.17) is 10.5 Å². The second-order valence-corrected chi connectivity index (χ2v) is 11.2. The Bertz CT molecular complexity index is 1420. The predicted molar refractivity (Wildman–Crippen MR) is 158 cm³/mol. The second kappa shape index (κ2) is 14.3. The van der Waals surface area contributed by atoms with E-state index in [1.54, 1.807) is 11.6 Å². The normalized spacial score (nSPS) is 16.2. The number of nitrogens with two attached hydrogens (primary N) is 1. The Kier molecular flexibility index (Phi) is 10.5. The number of carbonyl (C=O) groups excluding carboxylic acids is 3. The Labute approximate surface area is 241 Å². The summed E-state index contributed by atoms with van der Waals surface area (Å²) in [7, 11) is 1.73. The first-order valence-corrected chi connectivity index (χ1v) is 14.7. The molecular weight excluding hydrogens is 520 g/mol. The molecule has 0 spiro atoms. The molecule has 3 aromatic rings. The summed E-state index contributed by atoms with van der Waals surface area (Å²) in [6.07, 6.45) is 9.13. The lowest BCUT2D eigenvalue weighted by Crippen LogP contribution is -2.44. The Morgan fingerprint density at radius 2 is 1.61 bits per heavy atom. The first-order valence-electron chi connectivity index (χ1n) is 14.7. The fraction of sp³-hybridized carbons (Fsp3) is 0.500. The number of unbranched alkanes of at least 4 members (excludes halogenated alkanes) is 3. The van der Waals surface area contributed by atoms with Crippen LogP contribution in [0.25, 0.3) is 11.0 Å². The summed E-state index contributed by atoms with van der Waals surface area (Å²) < 4.78 is 9.00. The molecule has 220 valence electrons. The highest BCUT2D eigenvalue weighted by Crippen LogP contribution is 2.24. The lowest BCUT2D eigenvalue weighted by atomic mass is 10.0. The zero-order valence-corrected chi connectivity index (χ0v) is 24.2. The number of aromatic nitrogens is 2. The quantitative estimate of drug-likeness (QED) is 0.212. The van der Waals surface area contributed by atoms with E-state index in [2.05, 4.69) is 29.6 Å². The van der Waals surface area contributed by atoms with Crippen molar-refractivity contribution >= 4 is 28.8 Å². The van der Waals surface area contributed by atoms with Crippen molar-refractivity contribution in [2.75, 3.05) is 0 Å². The van der Waals surface area contributed by atoms with Crippen LogP contribution in [0.4, 0.5) is 0 Å². The molecule has 2 aromatic carbocycles. The van der Waals surface area contributed by atoms with Gasteiger partial charge in [-0.2, -0.15) is 0 Å². The summed E-state index contributed by atoms with van der Waals surface area (Å²) >= 11 is 0. The SMILES string of the molecule is CC(CCCC(N)=O)OCc1ccc(CCCCCCc2ccc3c(c2)n(C)c(=O)n3C2CCC(=O)NC2=O)cc1. The van der Waals surface area contributed by atoms with E-state index in [-0.39, 0.29) is 30.0 Å². The van der Waals surface area contributed by atoms with Crippen molar-refractivity contribution in [3.63, 3.8) is 0 Å². The minimum Gasteiger partial charge on any atom is -0.374 e. The average molecular weight is 563 g/mol. The number of imidazole rings is 1. The maximum absolute atomic E-state index is 12.9. The van der Waals surface area contributed by atoms with Gasteiger partial charge in [0.1, 0.15) is 6.04 Å². The number of imide groups is 1. The minimum absolute atomic E-state index is 0.0989. The third-order valence-electron chi connectivity index (χ3n) is 7.95. The van der Waals surface area contributed by atoms with E-state index in [1.807, 2.05) is 25.1 Å². The molecule has 2 unspecified atom stereocenters. The van der Waals surface area contributed by atoms with Gasteiger partial charge in [0.25, 0.3) is 0 Å². The van der Waals surface area contributed by atoms with Crippen molar-refractivity contribution in [2.24, 2.45) is 12.8 Å². The van der Waals surface area contributed by atoms with Crippen LogP contribution in [0.1, 0.15) is 87.4 Å². The highest BCUT2D eigenvalue weighted by atomic mass is 16.5. The van der Waals surface area contributed by atoms with Gasteiger partial charge in [0.15, 0.2) is 0 Å². The van der Waals surface area contributed by atoms with Crippen molar-refractivity contribution in [3.05, 3.63) is 69.6 Å². The first kappa shape index (κ1) is 30.2. The smallest absolute Gasteiger partial charge is 0.329 e. The van der Waals surface area contributed by atoms with E-state index in [1.165, 1.54) is 15.7 Å². The molecule has 4 rings (SSSR count). The summed E-state index contributed by atoms with van der Waals surface area (Å²) in [5.74, 6) is -0.966.